The summed E-state index contributed by atoms with van der Waals surface area (Å²) in [6.45, 7) is 27.3. The summed E-state index contributed by atoms with van der Waals surface area (Å²) in [7, 11) is 0. The van der Waals surface area contributed by atoms with Gasteiger partial charge < -0.3 is 19.6 Å². The summed E-state index contributed by atoms with van der Waals surface area (Å²) in [5, 5.41) is 0. The Kier molecular flexibility index (Phi) is 15.2. The van der Waals surface area contributed by atoms with Gasteiger partial charge in [0.25, 0.3) is 0 Å². The second kappa shape index (κ2) is 22.3. The molecule has 4 nitrogen and oxygen atoms in total. The maximum Gasteiger partial charge on any atom is 0.0463 e. The molecule has 0 bridgehead atoms. The van der Waals surface area contributed by atoms with Crippen LogP contribution in [0.1, 0.15) is 105 Å². The SMILES string of the molecule is CC(C)(C)c1ccc(N(c2ccc(N(c3ccc(-c4ccc(N(c5ccccc5)c5ccccc5)cc4)cc3)c3ccc(N(c4ccc(C(C)(C)C)cc4)c4ccc(C(C)(C)C)cc4)cc3)cc2)c2ccc(C(C)(C)C)cc2)cc1. The fourth-order valence-corrected chi connectivity index (χ4v) is 10.5. The Bertz CT molecular complexity index is 3280. The smallest absolute Gasteiger partial charge is 0.0463 e. The third kappa shape index (κ3) is 12.2. The van der Waals surface area contributed by atoms with Gasteiger partial charge in [0.15, 0.2) is 0 Å². The molecule has 0 heterocycles. The van der Waals surface area contributed by atoms with Crippen molar-refractivity contribution >= 4 is 68.2 Å². The van der Waals surface area contributed by atoms with Crippen molar-refractivity contribution in [3.05, 3.63) is 277 Å². The van der Waals surface area contributed by atoms with Crippen molar-refractivity contribution in [2.75, 3.05) is 19.6 Å². The minimum Gasteiger partial charge on any atom is -0.311 e. The van der Waals surface area contributed by atoms with Crippen molar-refractivity contribution in [2.45, 2.75) is 105 Å². The summed E-state index contributed by atoms with van der Waals surface area (Å²) in [4.78, 5) is 9.42. The molecule has 402 valence electrons. The Morgan fingerprint density at radius 3 is 0.463 bits per heavy atom. The van der Waals surface area contributed by atoms with Crippen LogP contribution in [-0.2, 0) is 21.7 Å². The summed E-state index contributed by atoms with van der Waals surface area (Å²) in [6, 6.07) is 93.5. The molecule has 0 amide bonds. The lowest BCUT2D eigenvalue weighted by molar-refractivity contribution is 0.590. The number of nitrogens with zero attached hydrogens (tertiary/aromatic N) is 4. The molecule has 0 aliphatic heterocycles. The van der Waals surface area contributed by atoms with E-state index in [0.717, 1.165) is 79.4 Å². The molecule has 0 saturated heterocycles. The van der Waals surface area contributed by atoms with Crippen LogP contribution in [0.15, 0.2) is 255 Å². The predicted octanol–water partition coefficient (Wildman–Crippen LogP) is 22.4. The van der Waals surface area contributed by atoms with Gasteiger partial charge >= 0.3 is 0 Å². The Hall–Kier alpha value is -8.60. The van der Waals surface area contributed by atoms with Crippen molar-refractivity contribution in [3.8, 4) is 11.1 Å². The topological polar surface area (TPSA) is 13.0 Å². The summed E-state index contributed by atoms with van der Waals surface area (Å²) in [5.41, 5.74) is 20.8. The first kappa shape index (κ1) is 54.7. The number of benzene rings is 10. The van der Waals surface area contributed by atoms with Crippen LogP contribution in [-0.4, -0.2) is 0 Å². The van der Waals surface area contributed by atoms with E-state index >= 15 is 0 Å². The van der Waals surface area contributed by atoms with E-state index in [1.807, 2.05) is 0 Å². The molecule has 0 radical (unpaired) electrons. The monoisotopic (exact) mass is 1050 g/mol. The molecule has 0 spiro atoms. The molecule has 80 heavy (non-hydrogen) atoms. The highest BCUT2D eigenvalue weighted by Crippen LogP contribution is 2.44. The number of anilines is 12. The fourth-order valence-electron chi connectivity index (χ4n) is 10.5. The molecule has 0 aliphatic carbocycles. The van der Waals surface area contributed by atoms with Crippen molar-refractivity contribution in [2.24, 2.45) is 0 Å². The van der Waals surface area contributed by atoms with Gasteiger partial charge in [0.05, 0.1) is 0 Å². The van der Waals surface area contributed by atoms with Gasteiger partial charge in [-0.15, -0.1) is 0 Å². The zero-order chi connectivity index (χ0) is 56.4. The molecule has 0 aliphatic rings. The van der Waals surface area contributed by atoms with Gasteiger partial charge in [0.1, 0.15) is 0 Å². The molecular formula is C76H78N4. The standard InChI is InChI=1S/C76H78N4/c1-73(2,3)57-27-39-65(40-28-57)79(66-41-29-58(30-42-66)74(4,5)6)71-51-47-69(48-52-71)78(64-37-25-56(26-38-64)55-23-35-63(36-24-55)77(61-19-15-13-16-20-61)62-21-17-14-18-22-62)70-49-53-72(54-50-70)80(67-43-31-59(32-44-67)75(7,8)9)68-45-33-60(34-46-68)76(10,11)12/h13-54H,1-12H3. The number of para-hydroxylation sites is 2. The summed E-state index contributed by atoms with van der Waals surface area (Å²) < 4.78 is 0. The summed E-state index contributed by atoms with van der Waals surface area (Å²) in [5.74, 6) is 0. The second-order valence-corrected chi connectivity index (χ2v) is 25.3. The maximum atomic E-state index is 2.37. The summed E-state index contributed by atoms with van der Waals surface area (Å²) >= 11 is 0. The Morgan fingerprint density at radius 2 is 0.300 bits per heavy atom. The fraction of sp³-hybridized carbons (Fsp3) is 0.211. The highest BCUT2D eigenvalue weighted by molar-refractivity contribution is 5.85. The van der Waals surface area contributed by atoms with Crippen LogP contribution >= 0.6 is 0 Å². The number of hydrogen-bond acceptors (Lipinski definition) is 4. The second-order valence-electron chi connectivity index (χ2n) is 25.3. The quantitative estimate of drug-likeness (QED) is 0.114. The highest BCUT2D eigenvalue weighted by Gasteiger charge is 2.23. The van der Waals surface area contributed by atoms with E-state index in [-0.39, 0.29) is 21.7 Å². The van der Waals surface area contributed by atoms with Crippen LogP contribution in [0.2, 0.25) is 0 Å². The van der Waals surface area contributed by atoms with Crippen LogP contribution in [0.3, 0.4) is 0 Å². The zero-order valence-electron chi connectivity index (χ0n) is 49.0. The van der Waals surface area contributed by atoms with Gasteiger partial charge in [-0.3, -0.25) is 0 Å². The Labute approximate surface area is 478 Å². The van der Waals surface area contributed by atoms with Crippen LogP contribution in [0.5, 0.6) is 0 Å². The maximum absolute atomic E-state index is 2.37. The van der Waals surface area contributed by atoms with E-state index in [1.165, 1.54) is 22.3 Å². The minimum atomic E-state index is 0.0462. The summed E-state index contributed by atoms with van der Waals surface area (Å²) in [6.07, 6.45) is 0. The molecule has 0 N–H and O–H groups in total. The molecule has 0 atom stereocenters. The molecule has 4 heteroatoms. The first-order valence-corrected chi connectivity index (χ1v) is 28.3. The van der Waals surface area contributed by atoms with Crippen molar-refractivity contribution in [3.63, 3.8) is 0 Å². The molecule has 10 aromatic rings. The largest absolute Gasteiger partial charge is 0.311 e. The van der Waals surface area contributed by atoms with E-state index in [2.05, 4.69) is 357 Å². The average Bonchev–Trinajstić information content (AvgIpc) is 3.46. The Balaban J connectivity index is 1.04. The van der Waals surface area contributed by atoms with Gasteiger partial charge in [0, 0.05) is 68.2 Å². The normalized spacial score (nSPS) is 12.0. The van der Waals surface area contributed by atoms with Crippen molar-refractivity contribution < 1.29 is 0 Å². The number of hydrogen-bond donors (Lipinski definition) is 0. The van der Waals surface area contributed by atoms with Crippen LogP contribution < -0.4 is 19.6 Å². The molecule has 10 rings (SSSR count). The van der Waals surface area contributed by atoms with Crippen molar-refractivity contribution in [1.29, 1.82) is 0 Å². The molecule has 0 aromatic heterocycles. The first-order chi connectivity index (χ1) is 38.2. The number of rotatable bonds is 13. The third-order valence-corrected chi connectivity index (χ3v) is 15.3. The van der Waals surface area contributed by atoms with Gasteiger partial charge in [-0.2, -0.15) is 0 Å². The van der Waals surface area contributed by atoms with Crippen LogP contribution in [0, 0.1) is 0 Å². The highest BCUT2D eigenvalue weighted by atomic mass is 15.2. The lowest BCUT2D eigenvalue weighted by Gasteiger charge is -2.30. The predicted molar refractivity (Wildman–Crippen MR) is 345 cm³/mol. The van der Waals surface area contributed by atoms with E-state index in [0.29, 0.717) is 0 Å². The van der Waals surface area contributed by atoms with Gasteiger partial charge in [-0.1, -0.05) is 192 Å². The van der Waals surface area contributed by atoms with E-state index < -0.39 is 0 Å². The molecular weight excluding hydrogens is 969 g/mol. The van der Waals surface area contributed by atoms with E-state index in [4.69, 9.17) is 0 Å². The van der Waals surface area contributed by atoms with Crippen LogP contribution in [0.25, 0.3) is 11.1 Å². The molecule has 0 fully saturated rings. The minimum absolute atomic E-state index is 0.0462. The Morgan fingerprint density at radius 1 is 0.163 bits per heavy atom. The van der Waals surface area contributed by atoms with Crippen LogP contribution in [0.4, 0.5) is 68.2 Å². The zero-order valence-corrected chi connectivity index (χ0v) is 49.0. The van der Waals surface area contributed by atoms with Gasteiger partial charge in [-0.05, 0) is 201 Å². The molecule has 0 unspecified atom stereocenters. The first-order valence-electron chi connectivity index (χ1n) is 28.3. The average molecular weight is 1050 g/mol. The van der Waals surface area contributed by atoms with Gasteiger partial charge in [0.2, 0.25) is 0 Å². The lowest BCUT2D eigenvalue weighted by atomic mass is 9.86. The third-order valence-electron chi connectivity index (χ3n) is 15.3. The lowest BCUT2D eigenvalue weighted by Crippen LogP contribution is -2.15. The van der Waals surface area contributed by atoms with E-state index in [1.54, 1.807) is 0 Å². The molecule has 0 saturated carbocycles. The van der Waals surface area contributed by atoms with Crippen molar-refractivity contribution in [1.82, 2.24) is 0 Å². The molecule has 10 aromatic carbocycles. The van der Waals surface area contributed by atoms with Gasteiger partial charge in [-0.25, -0.2) is 0 Å². The van der Waals surface area contributed by atoms with E-state index in [9.17, 15) is 0 Å².